The second-order valence-corrected chi connectivity index (χ2v) is 8.45. The largest absolute Gasteiger partial charge is 0.349 e. The molecular weight excluding hydrogens is 359 g/mol. The third-order valence-corrected chi connectivity index (χ3v) is 6.61. The maximum absolute atomic E-state index is 13.0. The van der Waals surface area contributed by atoms with E-state index in [2.05, 4.69) is 10.4 Å². The van der Waals surface area contributed by atoms with Crippen LogP contribution in [0.25, 0.3) is 0 Å². The summed E-state index contributed by atoms with van der Waals surface area (Å²) in [5.74, 6) is -1.08. The molecule has 140 valence electrons. The van der Waals surface area contributed by atoms with Gasteiger partial charge in [-0.1, -0.05) is 0 Å². The first-order valence-corrected chi connectivity index (χ1v) is 9.68. The Labute approximate surface area is 151 Å². The maximum atomic E-state index is 13.0. The van der Waals surface area contributed by atoms with Crippen molar-refractivity contribution >= 4 is 15.9 Å². The topological polar surface area (TPSA) is 84.3 Å². The molecule has 0 aliphatic carbocycles. The first kappa shape index (κ1) is 18.5. The molecule has 0 radical (unpaired) electrons. The van der Waals surface area contributed by atoms with E-state index in [1.165, 1.54) is 16.4 Å². The number of nitrogens with zero attached hydrogens (tertiary/aromatic N) is 3. The number of aromatic nitrogens is 2. The number of aryl methyl sites for hydroxylation is 1. The van der Waals surface area contributed by atoms with Crippen LogP contribution in [0.15, 0.2) is 35.4 Å². The van der Waals surface area contributed by atoms with Gasteiger partial charge in [-0.05, 0) is 38.1 Å². The Kier molecular flexibility index (Phi) is 4.85. The summed E-state index contributed by atoms with van der Waals surface area (Å²) in [5, 5.41) is 7.07. The molecule has 0 bridgehead atoms. The highest BCUT2D eigenvalue weighted by atomic mass is 32.2. The van der Waals surface area contributed by atoms with Crippen LogP contribution in [0.2, 0.25) is 0 Å². The molecule has 0 unspecified atom stereocenters. The van der Waals surface area contributed by atoms with E-state index in [1.54, 1.807) is 10.9 Å². The van der Waals surface area contributed by atoms with Gasteiger partial charge in [-0.3, -0.25) is 9.48 Å². The SMILES string of the molecule is Cc1c([C@@H](C)NC(=O)C2CN(S(=O)(=O)c3ccc(F)cc3)C2)cnn1C. The van der Waals surface area contributed by atoms with Crippen molar-refractivity contribution in [3.63, 3.8) is 0 Å². The summed E-state index contributed by atoms with van der Waals surface area (Å²) in [6.45, 7) is 4.02. The molecule has 1 aromatic carbocycles. The molecule has 3 rings (SSSR count). The van der Waals surface area contributed by atoms with Crippen LogP contribution in [0.5, 0.6) is 0 Å². The van der Waals surface area contributed by atoms with Crippen LogP contribution in [0.1, 0.15) is 24.2 Å². The molecule has 1 fully saturated rings. The number of carbonyl (C=O) groups is 1. The Morgan fingerprint density at radius 2 is 1.92 bits per heavy atom. The van der Waals surface area contributed by atoms with Gasteiger partial charge in [0.2, 0.25) is 15.9 Å². The third kappa shape index (κ3) is 3.36. The van der Waals surface area contributed by atoms with E-state index >= 15 is 0 Å². The number of hydrogen-bond acceptors (Lipinski definition) is 4. The standard InChI is InChI=1S/C17H21FN4O3S/c1-11(16-8-19-21(3)12(16)2)20-17(23)13-9-22(10-13)26(24,25)15-6-4-14(18)5-7-15/h4-8,11,13H,9-10H2,1-3H3,(H,20,23)/t11-/m1/s1. The normalized spacial score (nSPS) is 16.9. The summed E-state index contributed by atoms with van der Waals surface area (Å²) in [7, 11) is -1.87. The zero-order valence-corrected chi connectivity index (χ0v) is 15.6. The Morgan fingerprint density at radius 1 is 1.31 bits per heavy atom. The lowest BCUT2D eigenvalue weighted by molar-refractivity contribution is -0.128. The fourth-order valence-corrected chi connectivity index (χ4v) is 4.44. The molecule has 1 saturated heterocycles. The molecule has 1 atom stereocenters. The molecule has 7 nitrogen and oxygen atoms in total. The van der Waals surface area contributed by atoms with Crippen LogP contribution >= 0.6 is 0 Å². The van der Waals surface area contributed by atoms with Crippen LogP contribution in [0.4, 0.5) is 4.39 Å². The molecule has 9 heteroatoms. The van der Waals surface area contributed by atoms with E-state index in [0.29, 0.717) is 0 Å². The summed E-state index contributed by atoms with van der Waals surface area (Å²) in [4.78, 5) is 12.4. The van der Waals surface area contributed by atoms with E-state index in [1.807, 2.05) is 20.9 Å². The summed E-state index contributed by atoms with van der Waals surface area (Å²) in [6, 6.07) is 4.46. The van der Waals surface area contributed by atoms with Gasteiger partial charge in [0, 0.05) is 31.4 Å². The number of nitrogens with one attached hydrogen (secondary N) is 1. The van der Waals surface area contributed by atoms with Gasteiger partial charge in [-0.2, -0.15) is 9.40 Å². The Morgan fingerprint density at radius 3 is 2.46 bits per heavy atom. The molecule has 1 N–H and O–H groups in total. The minimum absolute atomic E-state index is 0.0251. The fourth-order valence-electron chi connectivity index (χ4n) is 2.91. The minimum atomic E-state index is -3.70. The van der Waals surface area contributed by atoms with Gasteiger partial charge in [0.05, 0.1) is 23.1 Å². The molecule has 2 aromatic rings. The highest BCUT2D eigenvalue weighted by molar-refractivity contribution is 7.89. The van der Waals surface area contributed by atoms with Gasteiger partial charge < -0.3 is 5.32 Å². The Hall–Kier alpha value is -2.26. The number of rotatable bonds is 5. The summed E-state index contributed by atoms with van der Waals surface area (Å²) in [6.07, 6.45) is 1.71. The Bertz CT molecular complexity index is 918. The number of amides is 1. The smallest absolute Gasteiger partial charge is 0.243 e. The number of hydrogen-bond donors (Lipinski definition) is 1. The van der Waals surface area contributed by atoms with Crippen molar-refractivity contribution in [3.8, 4) is 0 Å². The van der Waals surface area contributed by atoms with Crippen molar-refractivity contribution in [3.05, 3.63) is 47.5 Å². The van der Waals surface area contributed by atoms with Crippen molar-refractivity contribution in [1.29, 1.82) is 0 Å². The molecule has 1 aliphatic heterocycles. The van der Waals surface area contributed by atoms with Gasteiger partial charge in [0.15, 0.2) is 0 Å². The van der Waals surface area contributed by atoms with E-state index in [4.69, 9.17) is 0 Å². The van der Waals surface area contributed by atoms with E-state index in [9.17, 15) is 17.6 Å². The van der Waals surface area contributed by atoms with Crippen molar-refractivity contribution < 1.29 is 17.6 Å². The second-order valence-electron chi connectivity index (χ2n) is 6.51. The van der Waals surface area contributed by atoms with Gasteiger partial charge >= 0.3 is 0 Å². The highest BCUT2D eigenvalue weighted by Crippen LogP contribution is 2.26. The van der Waals surface area contributed by atoms with Crippen LogP contribution < -0.4 is 5.32 Å². The molecule has 1 amide bonds. The van der Waals surface area contributed by atoms with E-state index in [0.717, 1.165) is 23.4 Å². The van der Waals surface area contributed by atoms with Gasteiger partial charge in [0.1, 0.15) is 5.82 Å². The number of carbonyl (C=O) groups excluding carboxylic acids is 1. The molecule has 2 heterocycles. The molecule has 26 heavy (non-hydrogen) atoms. The average molecular weight is 380 g/mol. The molecular formula is C17H21FN4O3S. The predicted octanol–water partition coefficient (Wildman–Crippen LogP) is 1.37. The second kappa shape index (κ2) is 6.81. The van der Waals surface area contributed by atoms with Crippen molar-refractivity contribution in [1.82, 2.24) is 19.4 Å². The molecule has 0 saturated carbocycles. The van der Waals surface area contributed by atoms with Crippen LogP contribution in [0.3, 0.4) is 0 Å². The summed E-state index contributed by atoms with van der Waals surface area (Å²) in [5.41, 5.74) is 1.89. The first-order valence-electron chi connectivity index (χ1n) is 8.24. The zero-order chi connectivity index (χ0) is 19.1. The fraction of sp³-hybridized carbons (Fsp3) is 0.412. The monoisotopic (exact) mass is 380 g/mol. The Balaban J connectivity index is 1.60. The van der Waals surface area contributed by atoms with Crippen LogP contribution in [0, 0.1) is 18.7 Å². The lowest BCUT2D eigenvalue weighted by atomic mass is 10.0. The summed E-state index contributed by atoms with van der Waals surface area (Å²) < 4.78 is 40.8. The van der Waals surface area contributed by atoms with Gasteiger partial charge in [0.25, 0.3) is 0 Å². The molecule has 0 spiro atoms. The van der Waals surface area contributed by atoms with Crippen molar-refractivity contribution in [2.75, 3.05) is 13.1 Å². The lowest BCUT2D eigenvalue weighted by Gasteiger charge is -2.37. The van der Waals surface area contributed by atoms with Crippen molar-refractivity contribution in [2.45, 2.75) is 24.8 Å². The molecule has 1 aromatic heterocycles. The van der Waals surface area contributed by atoms with Gasteiger partial charge in [-0.15, -0.1) is 0 Å². The van der Waals surface area contributed by atoms with Gasteiger partial charge in [-0.25, -0.2) is 12.8 Å². The van der Waals surface area contributed by atoms with Crippen LogP contribution in [-0.4, -0.2) is 41.5 Å². The quantitative estimate of drug-likeness (QED) is 0.849. The minimum Gasteiger partial charge on any atom is -0.349 e. The first-order chi connectivity index (χ1) is 12.2. The van der Waals surface area contributed by atoms with E-state index < -0.39 is 21.8 Å². The number of sulfonamides is 1. The van der Waals surface area contributed by atoms with Crippen LogP contribution in [-0.2, 0) is 21.9 Å². The highest BCUT2D eigenvalue weighted by Gasteiger charge is 2.40. The average Bonchev–Trinajstić information content (AvgIpc) is 2.85. The maximum Gasteiger partial charge on any atom is 0.243 e. The zero-order valence-electron chi connectivity index (χ0n) is 14.8. The third-order valence-electron chi connectivity index (χ3n) is 4.77. The number of benzene rings is 1. The summed E-state index contributed by atoms with van der Waals surface area (Å²) >= 11 is 0. The van der Waals surface area contributed by atoms with Crippen molar-refractivity contribution in [2.24, 2.45) is 13.0 Å². The number of halogens is 1. The predicted molar refractivity (Wildman–Crippen MR) is 93.2 cm³/mol. The van der Waals surface area contributed by atoms with E-state index in [-0.39, 0.29) is 29.9 Å². The molecule has 1 aliphatic rings. The lowest BCUT2D eigenvalue weighted by Crippen LogP contribution is -2.55.